The zero-order chi connectivity index (χ0) is 17.5. The second-order valence-corrected chi connectivity index (χ2v) is 6.08. The Bertz CT molecular complexity index is 689. The molecule has 0 radical (unpaired) electrons. The van der Waals surface area contributed by atoms with Crippen LogP contribution in [0.25, 0.3) is 0 Å². The summed E-state index contributed by atoms with van der Waals surface area (Å²) >= 11 is 11.9. The predicted molar refractivity (Wildman–Crippen MR) is 96.9 cm³/mol. The van der Waals surface area contributed by atoms with Crippen LogP contribution in [0.3, 0.4) is 0 Å². The molecule has 4 nitrogen and oxygen atoms in total. The molecule has 0 saturated carbocycles. The molecule has 0 amide bonds. The van der Waals surface area contributed by atoms with Crippen molar-refractivity contribution in [3.8, 4) is 0 Å². The van der Waals surface area contributed by atoms with E-state index in [0.29, 0.717) is 23.2 Å². The summed E-state index contributed by atoms with van der Waals surface area (Å²) in [6.45, 7) is 2.93. The Morgan fingerprint density at radius 1 is 1.17 bits per heavy atom. The normalized spacial score (nSPS) is 12.0. The molecular weight excluding hydrogens is 349 g/mol. The minimum absolute atomic E-state index is 0.0517. The molecule has 2 aromatic carbocycles. The van der Waals surface area contributed by atoms with Crippen molar-refractivity contribution >= 4 is 34.9 Å². The molecule has 2 N–H and O–H groups in total. The zero-order valence-electron chi connectivity index (χ0n) is 13.3. The first-order valence-electron chi connectivity index (χ1n) is 7.60. The molecule has 2 aromatic rings. The standard InChI is InChI=1S/C18H19Cl2NO3/c1-2-24-17(10-18(22)23)13-4-6-14(7-5-13)21-11-12-3-8-15(19)16(20)9-12/h3-9,17,21H,2,10-11H2,1H3,(H,22,23). The lowest BCUT2D eigenvalue weighted by molar-refractivity contribution is -0.140. The van der Waals surface area contributed by atoms with Gasteiger partial charge in [0.15, 0.2) is 0 Å². The largest absolute Gasteiger partial charge is 0.481 e. The number of carboxylic acid groups (broad SMARTS) is 1. The van der Waals surface area contributed by atoms with E-state index in [1.807, 2.05) is 43.3 Å². The lowest BCUT2D eigenvalue weighted by atomic mass is 10.1. The van der Waals surface area contributed by atoms with Crippen molar-refractivity contribution in [3.63, 3.8) is 0 Å². The minimum Gasteiger partial charge on any atom is -0.481 e. The van der Waals surface area contributed by atoms with Gasteiger partial charge in [-0.05, 0) is 42.3 Å². The molecule has 1 unspecified atom stereocenters. The van der Waals surface area contributed by atoms with Crippen molar-refractivity contribution in [3.05, 3.63) is 63.6 Å². The van der Waals surface area contributed by atoms with Crippen molar-refractivity contribution in [2.75, 3.05) is 11.9 Å². The Morgan fingerprint density at radius 2 is 1.88 bits per heavy atom. The Kier molecular flexibility index (Phi) is 6.91. The van der Waals surface area contributed by atoms with E-state index in [-0.39, 0.29) is 6.42 Å². The van der Waals surface area contributed by atoms with E-state index in [1.54, 1.807) is 6.07 Å². The van der Waals surface area contributed by atoms with E-state index in [4.69, 9.17) is 33.0 Å². The van der Waals surface area contributed by atoms with Crippen LogP contribution in [0.15, 0.2) is 42.5 Å². The monoisotopic (exact) mass is 367 g/mol. The maximum absolute atomic E-state index is 10.9. The van der Waals surface area contributed by atoms with E-state index in [1.165, 1.54) is 0 Å². The molecule has 0 fully saturated rings. The van der Waals surface area contributed by atoms with Gasteiger partial charge in [0.05, 0.1) is 22.6 Å². The highest BCUT2D eigenvalue weighted by molar-refractivity contribution is 6.42. The van der Waals surface area contributed by atoms with Gasteiger partial charge in [0.25, 0.3) is 0 Å². The number of hydrogen-bond acceptors (Lipinski definition) is 3. The molecular formula is C18H19Cl2NO3. The maximum atomic E-state index is 10.9. The van der Waals surface area contributed by atoms with Gasteiger partial charge in [-0.25, -0.2) is 0 Å². The number of benzene rings is 2. The smallest absolute Gasteiger partial charge is 0.306 e. The summed E-state index contributed by atoms with van der Waals surface area (Å²) in [7, 11) is 0. The molecule has 0 saturated heterocycles. The lowest BCUT2D eigenvalue weighted by Crippen LogP contribution is -2.10. The number of hydrogen-bond donors (Lipinski definition) is 2. The third-order valence-corrected chi connectivity index (χ3v) is 4.23. The molecule has 128 valence electrons. The third-order valence-electron chi connectivity index (χ3n) is 3.49. The summed E-state index contributed by atoms with van der Waals surface area (Å²) in [4.78, 5) is 10.9. The number of rotatable bonds is 8. The number of ether oxygens (including phenoxy) is 1. The topological polar surface area (TPSA) is 58.6 Å². The van der Waals surface area contributed by atoms with Crippen molar-refractivity contribution in [2.45, 2.75) is 26.0 Å². The minimum atomic E-state index is -0.879. The van der Waals surface area contributed by atoms with Crippen molar-refractivity contribution in [1.29, 1.82) is 0 Å². The first-order chi connectivity index (χ1) is 11.5. The molecule has 24 heavy (non-hydrogen) atoms. The molecule has 0 aromatic heterocycles. The highest BCUT2D eigenvalue weighted by atomic mass is 35.5. The summed E-state index contributed by atoms with van der Waals surface area (Å²) < 4.78 is 5.50. The summed E-state index contributed by atoms with van der Waals surface area (Å²) in [5.74, 6) is -0.879. The number of aliphatic carboxylic acids is 1. The molecule has 0 aliphatic heterocycles. The number of nitrogens with one attached hydrogen (secondary N) is 1. The SMILES string of the molecule is CCOC(CC(=O)O)c1ccc(NCc2ccc(Cl)c(Cl)c2)cc1. The van der Waals surface area contributed by atoms with Crippen molar-refractivity contribution < 1.29 is 14.6 Å². The van der Waals surface area contributed by atoms with Gasteiger partial charge >= 0.3 is 5.97 Å². The van der Waals surface area contributed by atoms with E-state index in [0.717, 1.165) is 16.8 Å². The summed E-state index contributed by atoms with van der Waals surface area (Å²) in [6.07, 6.45) is -0.485. The van der Waals surface area contributed by atoms with E-state index in [2.05, 4.69) is 5.32 Å². The van der Waals surface area contributed by atoms with Crippen LogP contribution in [0.2, 0.25) is 10.0 Å². The fraction of sp³-hybridized carbons (Fsp3) is 0.278. The van der Waals surface area contributed by atoms with Crippen LogP contribution in [0.4, 0.5) is 5.69 Å². The average molecular weight is 368 g/mol. The molecule has 1 atom stereocenters. The number of halogens is 2. The zero-order valence-corrected chi connectivity index (χ0v) is 14.8. The Labute approximate surface area is 151 Å². The van der Waals surface area contributed by atoms with Gasteiger partial charge in [-0.1, -0.05) is 41.4 Å². The van der Waals surface area contributed by atoms with Crippen LogP contribution in [0.5, 0.6) is 0 Å². The van der Waals surface area contributed by atoms with Gasteiger partial charge in [-0.3, -0.25) is 4.79 Å². The fourth-order valence-corrected chi connectivity index (χ4v) is 2.62. The molecule has 0 aliphatic rings. The molecule has 0 aliphatic carbocycles. The molecule has 0 bridgehead atoms. The Morgan fingerprint density at radius 3 is 2.46 bits per heavy atom. The summed E-state index contributed by atoms with van der Waals surface area (Å²) in [6, 6.07) is 13.1. The van der Waals surface area contributed by atoms with E-state index >= 15 is 0 Å². The van der Waals surface area contributed by atoms with E-state index < -0.39 is 12.1 Å². The lowest BCUT2D eigenvalue weighted by Gasteiger charge is -2.16. The Hall–Kier alpha value is -1.75. The average Bonchev–Trinajstić information content (AvgIpc) is 2.56. The van der Waals surface area contributed by atoms with E-state index in [9.17, 15) is 4.79 Å². The number of carboxylic acids is 1. The van der Waals surface area contributed by atoms with Gasteiger partial charge in [0.2, 0.25) is 0 Å². The summed E-state index contributed by atoms with van der Waals surface area (Å²) in [5.41, 5.74) is 2.79. The first kappa shape index (κ1) is 18.6. The van der Waals surface area contributed by atoms with Crippen molar-refractivity contribution in [2.24, 2.45) is 0 Å². The predicted octanol–water partition coefficient (Wildman–Crippen LogP) is 5.16. The fourth-order valence-electron chi connectivity index (χ4n) is 2.30. The Balaban J connectivity index is 2.00. The highest BCUT2D eigenvalue weighted by Crippen LogP contribution is 2.25. The van der Waals surface area contributed by atoms with Crippen LogP contribution < -0.4 is 5.32 Å². The third kappa shape index (κ3) is 5.41. The van der Waals surface area contributed by atoms with Crippen molar-refractivity contribution in [1.82, 2.24) is 0 Å². The molecule has 6 heteroatoms. The van der Waals surface area contributed by atoms with Crippen LogP contribution in [-0.2, 0) is 16.1 Å². The quantitative estimate of drug-likeness (QED) is 0.676. The first-order valence-corrected chi connectivity index (χ1v) is 8.36. The van der Waals surface area contributed by atoms with Gasteiger partial charge in [-0.15, -0.1) is 0 Å². The maximum Gasteiger partial charge on any atom is 0.306 e. The number of anilines is 1. The molecule has 0 spiro atoms. The van der Waals surface area contributed by atoms with Gasteiger partial charge in [0.1, 0.15) is 0 Å². The van der Waals surface area contributed by atoms with Crippen LogP contribution >= 0.6 is 23.2 Å². The van der Waals surface area contributed by atoms with Gasteiger partial charge in [0, 0.05) is 18.8 Å². The van der Waals surface area contributed by atoms with Crippen LogP contribution in [0, 0.1) is 0 Å². The molecule has 2 rings (SSSR count). The van der Waals surface area contributed by atoms with Crippen LogP contribution in [0.1, 0.15) is 30.6 Å². The number of carbonyl (C=O) groups is 1. The second kappa shape index (κ2) is 8.92. The second-order valence-electron chi connectivity index (χ2n) is 5.27. The highest BCUT2D eigenvalue weighted by Gasteiger charge is 2.15. The van der Waals surface area contributed by atoms with Gasteiger partial charge in [-0.2, -0.15) is 0 Å². The molecule has 0 heterocycles. The van der Waals surface area contributed by atoms with Gasteiger partial charge < -0.3 is 15.2 Å². The summed E-state index contributed by atoms with van der Waals surface area (Å²) in [5, 5.41) is 13.3. The van der Waals surface area contributed by atoms with Crippen LogP contribution in [-0.4, -0.2) is 17.7 Å².